The Kier molecular flexibility index (Phi) is 4.37. The first kappa shape index (κ1) is 15.7. The first-order valence-corrected chi connectivity index (χ1v) is 8.54. The van der Waals surface area contributed by atoms with E-state index < -0.39 is 0 Å². The SMILES string of the molecule is O=C(c1ccnc(NCc2ccc3c(c2)OCO3)n1)N1CCCCC1. The minimum Gasteiger partial charge on any atom is -0.454 e. The molecule has 2 aromatic rings. The van der Waals surface area contributed by atoms with E-state index in [9.17, 15) is 4.79 Å². The summed E-state index contributed by atoms with van der Waals surface area (Å²) in [6.45, 7) is 2.42. The molecule has 1 saturated heterocycles. The molecule has 0 bridgehead atoms. The van der Waals surface area contributed by atoms with Crippen LogP contribution >= 0.6 is 0 Å². The number of hydrogen-bond donors (Lipinski definition) is 1. The molecule has 2 aliphatic heterocycles. The molecular formula is C18H20N4O3. The van der Waals surface area contributed by atoms with Gasteiger partial charge in [-0.25, -0.2) is 9.97 Å². The number of ether oxygens (including phenoxy) is 2. The number of anilines is 1. The molecule has 1 N–H and O–H groups in total. The molecule has 1 aromatic heterocycles. The van der Waals surface area contributed by atoms with E-state index in [1.165, 1.54) is 6.42 Å². The van der Waals surface area contributed by atoms with Gasteiger partial charge in [-0.1, -0.05) is 6.07 Å². The fourth-order valence-corrected chi connectivity index (χ4v) is 3.05. The third-order valence-electron chi connectivity index (χ3n) is 4.41. The predicted molar refractivity (Wildman–Crippen MR) is 91.7 cm³/mol. The maximum Gasteiger partial charge on any atom is 0.272 e. The number of carbonyl (C=O) groups is 1. The molecule has 25 heavy (non-hydrogen) atoms. The average molecular weight is 340 g/mol. The van der Waals surface area contributed by atoms with Gasteiger partial charge in [0, 0.05) is 25.8 Å². The average Bonchev–Trinajstić information content (AvgIpc) is 3.14. The second kappa shape index (κ2) is 6.96. The number of rotatable bonds is 4. The van der Waals surface area contributed by atoms with Crippen molar-refractivity contribution in [3.05, 3.63) is 41.7 Å². The minimum absolute atomic E-state index is 0.0202. The highest BCUT2D eigenvalue weighted by Crippen LogP contribution is 2.32. The molecule has 1 fully saturated rings. The van der Waals surface area contributed by atoms with Crippen LogP contribution in [0.2, 0.25) is 0 Å². The molecule has 130 valence electrons. The van der Waals surface area contributed by atoms with Crippen molar-refractivity contribution in [3.63, 3.8) is 0 Å². The van der Waals surface area contributed by atoms with Gasteiger partial charge in [0.1, 0.15) is 5.69 Å². The zero-order valence-corrected chi connectivity index (χ0v) is 13.9. The Morgan fingerprint density at radius 1 is 1.12 bits per heavy atom. The highest BCUT2D eigenvalue weighted by atomic mass is 16.7. The van der Waals surface area contributed by atoms with Crippen molar-refractivity contribution in [1.82, 2.24) is 14.9 Å². The van der Waals surface area contributed by atoms with Crippen molar-refractivity contribution in [2.24, 2.45) is 0 Å². The second-order valence-corrected chi connectivity index (χ2v) is 6.16. The van der Waals surface area contributed by atoms with Gasteiger partial charge in [-0.2, -0.15) is 0 Å². The number of nitrogens with one attached hydrogen (secondary N) is 1. The molecule has 0 spiro atoms. The normalized spacial score (nSPS) is 15.9. The van der Waals surface area contributed by atoms with Crippen molar-refractivity contribution in [3.8, 4) is 11.5 Å². The van der Waals surface area contributed by atoms with Gasteiger partial charge in [0.15, 0.2) is 11.5 Å². The van der Waals surface area contributed by atoms with Gasteiger partial charge in [-0.3, -0.25) is 4.79 Å². The Morgan fingerprint density at radius 3 is 2.84 bits per heavy atom. The number of nitrogens with zero attached hydrogens (tertiary/aromatic N) is 3. The Morgan fingerprint density at radius 2 is 1.96 bits per heavy atom. The van der Waals surface area contributed by atoms with E-state index in [2.05, 4.69) is 15.3 Å². The summed E-state index contributed by atoms with van der Waals surface area (Å²) >= 11 is 0. The van der Waals surface area contributed by atoms with Crippen LogP contribution in [0.15, 0.2) is 30.5 Å². The summed E-state index contributed by atoms with van der Waals surface area (Å²) in [5, 5.41) is 3.16. The number of hydrogen-bond acceptors (Lipinski definition) is 6. The zero-order chi connectivity index (χ0) is 17.1. The summed E-state index contributed by atoms with van der Waals surface area (Å²) < 4.78 is 10.7. The molecule has 0 atom stereocenters. The Labute approximate surface area is 146 Å². The predicted octanol–water partition coefficient (Wildman–Crippen LogP) is 2.44. The summed E-state index contributed by atoms with van der Waals surface area (Å²) in [5.41, 5.74) is 1.46. The van der Waals surface area contributed by atoms with Crippen molar-refractivity contribution < 1.29 is 14.3 Å². The van der Waals surface area contributed by atoms with Crippen molar-refractivity contribution in [1.29, 1.82) is 0 Å². The first-order chi connectivity index (χ1) is 12.3. The van der Waals surface area contributed by atoms with Gasteiger partial charge in [0.25, 0.3) is 5.91 Å². The van der Waals surface area contributed by atoms with Crippen molar-refractivity contribution in [2.75, 3.05) is 25.2 Å². The number of piperidine rings is 1. The molecule has 2 aliphatic rings. The standard InChI is InChI=1S/C18H20N4O3/c23-17(22-8-2-1-3-9-22)14-6-7-19-18(21-14)20-11-13-4-5-15-16(10-13)25-12-24-15/h4-7,10H,1-3,8-9,11-12H2,(H,19,20,21). The fourth-order valence-electron chi connectivity index (χ4n) is 3.05. The van der Waals surface area contributed by atoms with Crippen LogP contribution in [0, 0.1) is 0 Å². The maximum atomic E-state index is 12.5. The summed E-state index contributed by atoms with van der Waals surface area (Å²) in [4.78, 5) is 23.0. The smallest absolute Gasteiger partial charge is 0.272 e. The van der Waals surface area contributed by atoms with Crippen LogP contribution in [0.25, 0.3) is 0 Å². The lowest BCUT2D eigenvalue weighted by Crippen LogP contribution is -2.36. The van der Waals surface area contributed by atoms with Crippen molar-refractivity contribution >= 4 is 11.9 Å². The third kappa shape index (κ3) is 3.50. The molecule has 4 rings (SSSR count). The minimum atomic E-state index is -0.0202. The van der Waals surface area contributed by atoms with E-state index in [4.69, 9.17) is 9.47 Å². The van der Waals surface area contributed by atoms with Gasteiger partial charge in [-0.15, -0.1) is 0 Å². The van der Waals surface area contributed by atoms with E-state index in [0.29, 0.717) is 18.2 Å². The third-order valence-corrected chi connectivity index (χ3v) is 4.41. The Hall–Kier alpha value is -2.83. The number of aromatic nitrogens is 2. The molecule has 1 amide bonds. The summed E-state index contributed by atoms with van der Waals surface area (Å²) in [6.07, 6.45) is 4.93. The van der Waals surface area contributed by atoms with E-state index in [1.807, 2.05) is 23.1 Å². The molecule has 0 saturated carbocycles. The summed E-state index contributed by atoms with van der Waals surface area (Å²) in [7, 11) is 0. The van der Waals surface area contributed by atoms with Crippen LogP contribution in [0.3, 0.4) is 0 Å². The number of amides is 1. The molecule has 0 radical (unpaired) electrons. The molecule has 0 unspecified atom stereocenters. The Balaban J connectivity index is 1.42. The van der Waals surface area contributed by atoms with Crippen LogP contribution in [0.1, 0.15) is 35.3 Å². The zero-order valence-electron chi connectivity index (χ0n) is 13.9. The lowest BCUT2D eigenvalue weighted by atomic mass is 10.1. The maximum absolute atomic E-state index is 12.5. The molecule has 3 heterocycles. The van der Waals surface area contributed by atoms with Crippen LogP contribution in [-0.4, -0.2) is 40.7 Å². The lowest BCUT2D eigenvalue weighted by molar-refractivity contribution is 0.0718. The Bertz CT molecular complexity index is 775. The van der Waals surface area contributed by atoms with E-state index in [-0.39, 0.29) is 12.7 Å². The second-order valence-electron chi connectivity index (χ2n) is 6.16. The first-order valence-electron chi connectivity index (χ1n) is 8.54. The number of carbonyl (C=O) groups excluding carboxylic acids is 1. The lowest BCUT2D eigenvalue weighted by Gasteiger charge is -2.26. The quantitative estimate of drug-likeness (QED) is 0.921. The van der Waals surface area contributed by atoms with E-state index in [1.54, 1.807) is 12.3 Å². The van der Waals surface area contributed by atoms with E-state index >= 15 is 0 Å². The molecule has 7 heteroatoms. The van der Waals surface area contributed by atoms with Crippen LogP contribution in [-0.2, 0) is 6.54 Å². The van der Waals surface area contributed by atoms with Gasteiger partial charge in [0.2, 0.25) is 12.7 Å². The largest absolute Gasteiger partial charge is 0.454 e. The van der Waals surface area contributed by atoms with Crippen LogP contribution in [0.5, 0.6) is 11.5 Å². The van der Waals surface area contributed by atoms with Gasteiger partial charge < -0.3 is 19.7 Å². The number of fused-ring (bicyclic) bond motifs is 1. The summed E-state index contributed by atoms with van der Waals surface area (Å²) in [5.74, 6) is 1.93. The fraction of sp³-hybridized carbons (Fsp3) is 0.389. The molecular weight excluding hydrogens is 320 g/mol. The molecule has 7 nitrogen and oxygen atoms in total. The van der Waals surface area contributed by atoms with Gasteiger partial charge >= 0.3 is 0 Å². The molecule has 1 aromatic carbocycles. The monoisotopic (exact) mass is 340 g/mol. The van der Waals surface area contributed by atoms with Gasteiger partial charge in [-0.05, 0) is 43.0 Å². The number of likely N-dealkylation sites (tertiary alicyclic amines) is 1. The van der Waals surface area contributed by atoms with Crippen LogP contribution in [0.4, 0.5) is 5.95 Å². The highest BCUT2D eigenvalue weighted by Gasteiger charge is 2.19. The van der Waals surface area contributed by atoms with E-state index in [0.717, 1.165) is 43.0 Å². The van der Waals surface area contributed by atoms with Gasteiger partial charge in [0.05, 0.1) is 0 Å². The summed E-state index contributed by atoms with van der Waals surface area (Å²) in [6, 6.07) is 7.44. The highest BCUT2D eigenvalue weighted by molar-refractivity contribution is 5.92. The van der Waals surface area contributed by atoms with Crippen LogP contribution < -0.4 is 14.8 Å². The topological polar surface area (TPSA) is 76.6 Å². The van der Waals surface area contributed by atoms with Crippen molar-refractivity contribution in [2.45, 2.75) is 25.8 Å². The number of benzene rings is 1. The molecule has 0 aliphatic carbocycles.